The van der Waals surface area contributed by atoms with E-state index < -0.39 is 42.8 Å². The molecule has 2 heterocycles. The van der Waals surface area contributed by atoms with Crippen molar-refractivity contribution in [2.45, 2.75) is 31.5 Å². The maximum atomic E-state index is 12.0. The quantitative estimate of drug-likeness (QED) is 0.359. The molecule has 2 rings (SSSR count). The number of aliphatic hydroxyl groups excluding tert-OH is 3. The largest absolute Gasteiger partial charge is 0.466 e. The number of anilines is 1. The summed E-state index contributed by atoms with van der Waals surface area (Å²) in [5.74, 6) is -0.702. The van der Waals surface area contributed by atoms with Crippen LogP contribution in [0.2, 0.25) is 0 Å². The fraction of sp³-hybridized carbons (Fsp3) is 0.500. The first-order chi connectivity index (χ1) is 11.3. The van der Waals surface area contributed by atoms with E-state index >= 15 is 0 Å². The Hall–Kier alpha value is -2.27. The van der Waals surface area contributed by atoms with Crippen LogP contribution in [-0.4, -0.2) is 62.9 Å². The molecule has 1 aliphatic heterocycles. The van der Waals surface area contributed by atoms with Gasteiger partial charge in [-0.25, -0.2) is 9.59 Å². The molecule has 10 nitrogen and oxygen atoms in total. The van der Waals surface area contributed by atoms with Gasteiger partial charge in [-0.3, -0.25) is 4.57 Å². The van der Waals surface area contributed by atoms with Crippen molar-refractivity contribution >= 4 is 17.9 Å². The molecule has 5 N–H and O–H groups in total. The average Bonchev–Trinajstić information content (AvgIpc) is 2.84. The van der Waals surface area contributed by atoms with Crippen LogP contribution in [-0.2, 0) is 14.3 Å². The predicted octanol–water partition coefficient (Wildman–Crippen LogP) is -1.99. The summed E-state index contributed by atoms with van der Waals surface area (Å²) in [7, 11) is 1.22. The molecule has 1 aliphatic rings. The molecule has 0 aromatic carbocycles. The second-order valence-corrected chi connectivity index (χ2v) is 5.32. The van der Waals surface area contributed by atoms with Crippen molar-refractivity contribution in [1.29, 1.82) is 0 Å². The Labute approximate surface area is 136 Å². The number of aromatic nitrogens is 2. The summed E-state index contributed by atoms with van der Waals surface area (Å²) >= 11 is 0. The van der Waals surface area contributed by atoms with Gasteiger partial charge in [-0.15, -0.1) is 0 Å². The number of hydrogen-bond acceptors (Lipinski definition) is 9. The first-order valence-corrected chi connectivity index (χ1v) is 7.07. The van der Waals surface area contributed by atoms with Crippen molar-refractivity contribution in [3.05, 3.63) is 27.8 Å². The van der Waals surface area contributed by atoms with Gasteiger partial charge in [0.1, 0.15) is 24.1 Å². The Bertz CT molecular complexity index is 715. The van der Waals surface area contributed by atoms with E-state index in [9.17, 15) is 19.8 Å². The molecule has 1 aromatic heterocycles. The molecule has 0 unspecified atom stereocenters. The van der Waals surface area contributed by atoms with Gasteiger partial charge < -0.3 is 30.5 Å². The summed E-state index contributed by atoms with van der Waals surface area (Å²) in [5.41, 5.74) is 5.32. The summed E-state index contributed by atoms with van der Waals surface area (Å²) in [6.45, 7) is 0.966. The topological polar surface area (TPSA) is 157 Å². The van der Waals surface area contributed by atoms with Gasteiger partial charge in [0.15, 0.2) is 6.23 Å². The highest BCUT2D eigenvalue weighted by Gasteiger charge is 2.43. The molecular weight excluding hydrogens is 322 g/mol. The molecule has 0 spiro atoms. The highest BCUT2D eigenvalue weighted by atomic mass is 16.6. The van der Waals surface area contributed by atoms with Gasteiger partial charge in [-0.2, -0.15) is 4.98 Å². The zero-order chi connectivity index (χ0) is 18.0. The standard InChI is InChI=1S/C14H19N3O7/c1-6(13(21)23-2)3-7-4-17(14(22)16-11(7)15)12-10(20)9(19)8(5-18)24-12/h3-4,8-10,12,18-20H,5H2,1-2H3,(H2,15,16,22)/t8-,9-,10-,12-/m1/s1. The Morgan fingerprint density at radius 2 is 2.17 bits per heavy atom. The van der Waals surface area contributed by atoms with Crippen molar-refractivity contribution in [2.24, 2.45) is 0 Å². The number of rotatable bonds is 4. The van der Waals surface area contributed by atoms with Crippen molar-refractivity contribution in [1.82, 2.24) is 9.55 Å². The van der Waals surface area contributed by atoms with E-state index in [0.29, 0.717) is 0 Å². The average molecular weight is 341 g/mol. The lowest BCUT2D eigenvalue weighted by Gasteiger charge is -2.18. The second kappa shape index (κ2) is 7.09. The van der Waals surface area contributed by atoms with E-state index in [2.05, 4.69) is 9.72 Å². The van der Waals surface area contributed by atoms with Crippen molar-refractivity contribution in [3.63, 3.8) is 0 Å². The Morgan fingerprint density at radius 1 is 1.50 bits per heavy atom. The number of aliphatic hydroxyl groups is 3. The van der Waals surface area contributed by atoms with Crippen molar-refractivity contribution in [2.75, 3.05) is 19.5 Å². The minimum absolute atomic E-state index is 0.119. The smallest absolute Gasteiger partial charge is 0.351 e. The molecule has 132 valence electrons. The van der Waals surface area contributed by atoms with Crippen molar-refractivity contribution < 1.29 is 29.6 Å². The third kappa shape index (κ3) is 3.31. The Morgan fingerprint density at radius 3 is 2.71 bits per heavy atom. The number of carbonyl (C=O) groups is 1. The van der Waals surface area contributed by atoms with Crippen LogP contribution in [0.1, 0.15) is 18.7 Å². The molecule has 1 saturated heterocycles. The fourth-order valence-electron chi connectivity index (χ4n) is 2.35. The number of hydrogen-bond donors (Lipinski definition) is 4. The summed E-state index contributed by atoms with van der Waals surface area (Å²) in [4.78, 5) is 27.1. The van der Waals surface area contributed by atoms with Crippen LogP contribution in [0.15, 0.2) is 16.6 Å². The van der Waals surface area contributed by atoms with E-state index in [1.54, 1.807) is 0 Å². The molecule has 10 heteroatoms. The van der Waals surface area contributed by atoms with Crippen LogP contribution in [0.5, 0.6) is 0 Å². The summed E-state index contributed by atoms with van der Waals surface area (Å²) in [5, 5.41) is 28.9. The Balaban J connectivity index is 2.44. The number of methoxy groups -OCH3 is 1. The molecule has 0 radical (unpaired) electrons. The zero-order valence-corrected chi connectivity index (χ0v) is 13.1. The van der Waals surface area contributed by atoms with Gasteiger partial charge in [0, 0.05) is 17.3 Å². The monoisotopic (exact) mass is 341 g/mol. The van der Waals surface area contributed by atoms with E-state index in [-0.39, 0.29) is 17.0 Å². The highest BCUT2D eigenvalue weighted by molar-refractivity contribution is 5.93. The first-order valence-electron chi connectivity index (χ1n) is 7.07. The minimum atomic E-state index is -1.44. The summed E-state index contributed by atoms with van der Waals surface area (Å²) in [6, 6.07) is 0. The molecule has 24 heavy (non-hydrogen) atoms. The van der Waals surface area contributed by atoms with Crippen LogP contribution in [0.25, 0.3) is 6.08 Å². The molecule has 0 aliphatic carbocycles. The van der Waals surface area contributed by atoms with Crippen LogP contribution in [0, 0.1) is 0 Å². The number of nitrogen functional groups attached to an aromatic ring is 1. The van der Waals surface area contributed by atoms with Crippen LogP contribution in [0.3, 0.4) is 0 Å². The minimum Gasteiger partial charge on any atom is -0.466 e. The molecule has 0 bridgehead atoms. The lowest BCUT2D eigenvalue weighted by Crippen LogP contribution is -2.36. The lowest BCUT2D eigenvalue weighted by molar-refractivity contribution is -0.135. The van der Waals surface area contributed by atoms with Crippen LogP contribution in [0.4, 0.5) is 5.82 Å². The number of nitrogens with zero attached hydrogens (tertiary/aromatic N) is 2. The summed E-state index contributed by atoms with van der Waals surface area (Å²) < 4.78 is 10.8. The normalized spacial score (nSPS) is 27.3. The fourth-order valence-corrected chi connectivity index (χ4v) is 2.35. The summed E-state index contributed by atoms with van der Waals surface area (Å²) in [6.07, 6.45) is -2.47. The molecule has 0 amide bonds. The Kier molecular flexibility index (Phi) is 5.34. The number of carbonyl (C=O) groups excluding carboxylic acids is 1. The van der Waals surface area contributed by atoms with E-state index in [0.717, 1.165) is 4.57 Å². The highest BCUT2D eigenvalue weighted by Crippen LogP contribution is 2.28. The maximum Gasteiger partial charge on any atom is 0.351 e. The molecule has 4 atom stereocenters. The van der Waals surface area contributed by atoms with E-state index in [1.807, 2.05) is 0 Å². The third-order valence-corrected chi connectivity index (χ3v) is 3.68. The van der Waals surface area contributed by atoms with Gasteiger partial charge >= 0.3 is 11.7 Å². The lowest BCUT2D eigenvalue weighted by atomic mass is 10.1. The predicted molar refractivity (Wildman–Crippen MR) is 81.6 cm³/mol. The molecular formula is C14H19N3O7. The zero-order valence-electron chi connectivity index (χ0n) is 13.1. The van der Waals surface area contributed by atoms with Gasteiger partial charge in [-0.1, -0.05) is 0 Å². The molecule has 1 aromatic rings. The van der Waals surface area contributed by atoms with E-state index in [4.69, 9.17) is 15.6 Å². The molecule has 0 saturated carbocycles. The second-order valence-electron chi connectivity index (χ2n) is 5.32. The number of nitrogens with two attached hydrogens (primary N) is 1. The maximum absolute atomic E-state index is 12.0. The SMILES string of the molecule is COC(=O)C(C)=Cc1cn([C@@H]2O[C@H](CO)[C@@H](O)[C@H]2O)c(=O)nc1N. The van der Waals surface area contributed by atoms with Crippen LogP contribution < -0.4 is 11.4 Å². The van der Waals surface area contributed by atoms with Gasteiger partial charge in [0.05, 0.1) is 13.7 Å². The van der Waals surface area contributed by atoms with Crippen LogP contribution >= 0.6 is 0 Å². The van der Waals surface area contributed by atoms with Crippen molar-refractivity contribution in [3.8, 4) is 0 Å². The van der Waals surface area contributed by atoms with Gasteiger partial charge in [0.25, 0.3) is 0 Å². The van der Waals surface area contributed by atoms with E-state index in [1.165, 1.54) is 26.3 Å². The van der Waals surface area contributed by atoms with Gasteiger partial charge in [0.2, 0.25) is 0 Å². The first kappa shape index (κ1) is 18.1. The van der Waals surface area contributed by atoms with Gasteiger partial charge in [-0.05, 0) is 13.0 Å². The number of esters is 1. The molecule has 1 fully saturated rings. The number of ether oxygens (including phenoxy) is 2. The third-order valence-electron chi connectivity index (χ3n) is 3.68.